The summed E-state index contributed by atoms with van der Waals surface area (Å²) in [7, 11) is 2.07. The molecule has 1 aromatic rings. The second-order valence-electron chi connectivity index (χ2n) is 5.86. The highest BCUT2D eigenvalue weighted by atomic mass is 15.0. The van der Waals surface area contributed by atoms with Crippen LogP contribution in [0.3, 0.4) is 0 Å². The summed E-state index contributed by atoms with van der Waals surface area (Å²) in [5, 5.41) is 0. The molecule has 1 aliphatic carbocycles. The zero-order chi connectivity index (χ0) is 12.3. The van der Waals surface area contributed by atoms with Crippen LogP contribution < -0.4 is 5.73 Å². The zero-order valence-electron chi connectivity index (χ0n) is 11.2. The van der Waals surface area contributed by atoms with Crippen molar-refractivity contribution in [1.82, 2.24) is 9.55 Å². The van der Waals surface area contributed by atoms with E-state index in [0.29, 0.717) is 5.41 Å². The fourth-order valence-electron chi connectivity index (χ4n) is 3.30. The molecule has 17 heavy (non-hydrogen) atoms. The number of aromatic nitrogens is 2. The molecular weight excluding hydrogens is 210 g/mol. The Balaban J connectivity index is 1.97. The molecule has 2 rings (SSSR count). The fourth-order valence-corrected chi connectivity index (χ4v) is 3.30. The van der Waals surface area contributed by atoms with Crippen LogP contribution >= 0.6 is 0 Å². The molecule has 0 aliphatic heterocycles. The predicted molar refractivity (Wildman–Crippen MR) is 70.6 cm³/mol. The summed E-state index contributed by atoms with van der Waals surface area (Å²) in [6.07, 6.45) is 11.5. The van der Waals surface area contributed by atoms with Gasteiger partial charge in [0, 0.05) is 25.9 Å². The summed E-state index contributed by atoms with van der Waals surface area (Å²) < 4.78 is 2.12. The lowest BCUT2D eigenvalue weighted by atomic mass is 9.67. The maximum Gasteiger partial charge on any atom is 0.108 e. The van der Waals surface area contributed by atoms with Crippen LogP contribution in [0, 0.1) is 11.3 Å². The Morgan fingerprint density at radius 1 is 1.59 bits per heavy atom. The molecule has 1 fully saturated rings. The second kappa shape index (κ2) is 5.21. The number of hydrogen-bond acceptors (Lipinski definition) is 2. The van der Waals surface area contributed by atoms with Crippen LogP contribution in [-0.2, 0) is 13.5 Å². The third-order valence-electron chi connectivity index (χ3n) is 4.42. The first-order chi connectivity index (χ1) is 8.15. The summed E-state index contributed by atoms with van der Waals surface area (Å²) in [5.41, 5.74) is 6.43. The van der Waals surface area contributed by atoms with E-state index < -0.39 is 0 Å². The number of nitrogens with zero attached hydrogens (tertiary/aromatic N) is 2. The van der Waals surface area contributed by atoms with Crippen molar-refractivity contribution in [2.24, 2.45) is 24.1 Å². The summed E-state index contributed by atoms with van der Waals surface area (Å²) in [6.45, 7) is 3.20. The Labute approximate surface area is 104 Å². The topological polar surface area (TPSA) is 43.8 Å². The molecule has 0 spiro atoms. The first-order valence-corrected chi connectivity index (χ1v) is 6.81. The van der Waals surface area contributed by atoms with Crippen LogP contribution in [0.15, 0.2) is 12.4 Å². The quantitative estimate of drug-likeness (QED) is 0.871. The van der Waals surface area contributed by atoms with Crippen molar-refractivity contribution >= 4 is 0 Å². The number of nitrogens with two attached hydrogens (primary N) is 1. The first-order valence-electron chi connectivity index (χ1n) is 6.81. The van der Waals surface area contributed by atoms with E-state index in [4.69, 9.17) is 5.73 Å². The third kappa shape index (κ3) is 2.89. The predicted octanol–water partition coefficient (Wildman–Crippen LogP) is 2.51. The van der Waals surface area contributed by atoms with Gasteiger partial charge < -0.3 is 10.3 Å². The van der Waals surface area contributed by atoms with Crippen LogP contribution in [0.2, 0.25) is 0 Å². The van der Waals surface area contributed by atoms with Gasteiger partial charge in [-0.25, -0.2) is 4.98 Å². The SMILES string of the molecule is CC1CCCC(CN)(CCc2nccn2C)C1. The number of imidazole rings is 1. The smallest absolute Gasteiger partial charge is 0.108 e. The van der Waals surface area contributed by atoms with Crippen molar-refractivity contribution in [1.29, 1.82) is 0 Å². The molecule has 0 saturated heterocycles. The summed E-state index contributed by atoms with van der Waals surface area (Å²) in [4.78, 5) is 4.41. The molecule has 0 aromatic carbocycles. The number of hydrogen-bond donors (Lipinski definition) is 1. The molecule has 0 radical (unpaired) electrons. The Morgan fingerprint density at radius 2 is 2.41 bits per heavy atom. The van der Waals surface area contributed by atoms with Crippen LogP contribution in [0.5, 0.6) is 0 Å². The molecule has 2 N–H and O–H groups in total. The van der Waals surface area contributed by atoms with E-state index in [-0.39, 0.29) is 0 Å². The zero-order valence-corrected chi connectivity index (χ0v) is 11.2. The largest absolute Gasteiger partial charge is 0.338 e. The maximum atomic E-state index is 6.05. The molecule has 1 saturated carbocycles. The first kappa shape index (κ1) is 12.6. The van der Waals surface area contributed by atoms with Crippen LogP contribution in [0.1, 0.15) is 44.9 Å². The van der Waals surface area contributed by atoms with E-state index in [2.05, 4.69) is 23.5 Å². The van der Waals surface area contributed by atoms with Crippen molar-refractivity contribution in [3.63, 3.8) is 0 Å². The van der Waals surface area contributed by atoms with E-state index in [1.54, 1.807) is 0 Å². The van der Waals surface area contributed by atoms with E-state index in [9.17, 15) is 0 Å². The van der Waals surface area contributed by atoms with Gasteiger partial charge in [-0.1, -0.05) is 19.8 Å². The van der Waals surface area contributed by atoms with Gasteiger partial charge in [0.2, 0.25) is 0 Å². The number of aryl methyl sites for hydroxylation is 2. The van der Waals surface area contributed by atoms with Gasteiger partial charge in [-0.2, -0.15) is 0 Å². The highest BCUT2D eigenvalue weighted by Gasteiger charge is 2.33. The molecular formula is C14H25N3. The third-order valence-corrected chi connectivity index (χ3v) is 4.42. The van der Waals surface area contributed by atoms with E-state index in [1.165, 1.54) is 37.9 Å². The van der Waals surface area contributed by atoms with Crippen molar-refractivity contribution in [3.05, 3.63) is 18.2 Å². The standard InChI is InChI=1S/C14H25N3/c1-12-4-3-6-14(10-12,11-15)7-5-13-16-8-9-17(13)2/h8-9,12H,3-7,10-11,15H2,1-2H3. The average Bonchev–Trinajstić information content (AvgIpc) is 2.72. The summed E-state index contributed by atoms with van der Waals surface area (Å²) in [5.74, 6) is 2.03. The lowest BCUT2D eigenvalue weighted by Gasteiger charge is -2.39. The Kier molecular flexibility index (Phi) is 3.87. The molecule has 96 valence electrons. The molecule has 0 bridgehead atoms. The summed E-state index contributed by atoms with van der Waals surface area (Å²) >= 11 is 0. The Bertz CT molecular complexity index is 358. The average molecular weight is 235 g/mol. The van der Waals surface area contributed by atoms with Gasteiger partial charge in [0.05, 0.1) is 0 Å². The van der Waals surface area contributed by atoms with E-state index >= 15 is 0 Å². The normalized spacial score (nSPS) is 29.5. The van der Waals surface area contributed by atoms with Crippen molar-refractivity contribution in [3.8, 4) is 0 Å². The van der Waals surface area contributed by atoms with Crippen LogP contribution in [0.4, 0.5) is 0 Å². The molecule has 0 amide bonds. The monoisotopic (exact) mass is 235 g/mol. The molecule has 3 heteroatoms. The van der Waals surface area contributed by atoms with Gasteiger partial charge >= 0.3 is 0 Å². The van der Waals surface area contributed by atoms with Crippen LogP contribution in [-0.4, -0.2) is 16.1 Å². The van der Waals surface area contributed by atoms with Crippen LogP contribution in [0.25, 0.3) is 0 Å². The fraction of sp³-hybridized carbons (Fsp3) is 0.786. The molecule has 1 aromatic heterocycles. The van der Waals surface area contributed by atoms with Gasteiger partial charge in [0.1, 0.15) is 5.82 Å². The van der Waals surface area contributed by atoms with Crippen molar-refractivity contribution in [2.45, 2.75) is 45.4 Å². The minimum absolute atomic E-state index is 0.379. The van der Waals surface area contributed by atoms with Gasteiger partial charge in [0.25, 0.3) is 0 Å². The highest BCUT2D eigenvalue weighted by molar-refractivity contribution is 4.95. The van der Waals surface area contributed by atoms with Gasteiger partial charge in [0.15, 0.2) is 0 Å². The molecule has 2 atom stereocenters. The summed E-state index contributed by atoms with van der Waals surface area (Å²) in [6, 6.07) is 0. The molecule has 3 nitrogen and oxygen atoms in total. The van der Waals surface area contributed by atoms with E-state index in [1.807, 2.05) is 12.4 Å². The van der Waals surface area contributed by atoms with Gasteiger partial charge in [-0.15, -0.1) is 0 Å². The molecule has 1 aliphatic rings. The number of rotatable bonds is 4. The Hall–Kier alpha value is -0.830. The molecule has 2 unspecified atom stereocenters. The van der Waals surface area contributed by atoms with Crippen molar-refractivity contribution < 1.29 is 0 Å². The molecule has 1 heterocycles. The second-order valence-corrected chi connectivity index (χ2v) is 5.86. The van der Waals surface area contributed by atoms with E-state index in [0.717, 1.165) is 18.9 Å². The Morgan fingerprint density at radius 3 is 3.00 bits per heavy atom. The highest BCUT2D eigenvalue weighted by Crippen LogP contribution is 2.41. The van der Waals surface area contributed by atoms with Crippen molar-refractivity contribution in [2.75, 3.05) is 6.54 Å². The minimum atomic E-state index is 0.379. The van der Waals surface area contributed by atoms with Gasteiger partial charge in [-0.05, 0) is 37.1 Å². The minimum Gasteiger partial charge on any atom is -0.338 e. The maximum absolute atomic E-state index is 6.05. The van der Waals surface area contributed by atoms with Gasteiger partial charge in [-0.3, -0.25) is 0 Å². The lowest BCUT2D eigenvalue weighted by Crippen LogP contribution is -2.36. The lowest BCUT2D eigenvalue weighted by molar-refractivity contribution is 0.141.